The minimum Gasteiger partial charge on any atom is -0.489 e. The molecule has 0 radical (unpaired) electrons. The Morgan fingerprint density at radius 2 is 2.00 bits per heavy atom. The van der Waals surface area contributed by atoms with Crippen molar-refractivity contribution in [2.75, 3.05) is 0 Å². The van der Waals surface area contributed by atoms with E-state index in [4.69, 9.17) is 27.2 Å². The normalized spacial score (nSPS) is 13.8. The highest BCUT2D eigenvalue weighted by Crippen LogP contribution is 2.42. The minimum absolute atomic E-state index is 0.0415. The van der Waals surface area contributed by atoms with Crippen LogP contribution in [0.15, 0.2) is 35.3 Å². The maximum absolute atomic E-state index is 14.8. The first-order valence-corrected chi connectivity index (χ1v) is 11.5. The Bertz CT molecular complexity index is 1100. The Labute approximate surface area is 204 Å². The van der Waals surface area contributed by atoms with E-state index in [1.807, 2.05) is 0 Å². The first kappa shape index (κ1) is 27.7. The van der Waals surface area contributed by atoms with Crippen molar-refractivity contribution in [2.24, 2.45) is 5.73 Å². The molecule has 0 bridgehead atoms. The summed E-state index contributed by atoms with van der Waals surface area (Å²) in [5.41, 5.74) is 7.23. The maximum atomic E-state index is 14.8. The molecule has 0 spiro atoms. The summed E-state index contributed by atoms with van der Waals surface area (Å²) in [7, 11) is 0. The van der Waals surface area contributed by atoms with Gasteiger partial charge in [0.25, 0.3) is 0 Å². The standard InChI is InChI=1S/C23H25ClF4N2O3S/c1-4-16(18(25)9-15(24)10-29)21-17(22(34-30-21)23(26,27)28)11-33-19-7-5-14(6-8-20(31)32)12(2)13(19)3/h5,7,9-10,16H,4,6,8,11,29H2,1-3H3,(H,31,32)/b15-10+,18-9+. The number of carboxylic acids is 1. The summed E-state index contributed by atoms with van der Waals surface area (Å²) in [5, 5.41) is 8.81. The number of hydrogen-bond acceptors (Lipinski definition) is 5. The van der Waals surface area contributed by atoms with Gasteiger partial charge in [0.15, 0.2) is 0 Å². The van der Waals surface area contributed by atoms with Crippen LogP contribution in [-0.4, -0.2) is 15.4 Å². The second kappa shape index (κ2) is 11.7. The van der Waals surface area contributed by atoms with E-state index in [-0.39, 0.29) is 40.7 Å². The zero-order chi connectivity index (χ0) is 25.6. The lowest BCUT2D eigenvalue weighted by atomic mass is 9.96. The molecule has 3 N–H and O–H groups in total. The van der Waals surface area contributed by atoms with Gasteiger partial charge in [-0.25, -0.2) is 4.39 Å². The molecule has 0 saturated heterocycles. The predicted molar refractivity (Wildman–Crippen MR) is 124 cm³/mol. The Kier molecular flexibility index (Phi) is 9.52. The number of rotatable bonds is 10. The number of aliphatic carboxylic acids is 1. The molecule has 1 unspecified atom stereocenters. The molecule has 1 aromatic heterocycles. The molecule has 1 atom stereocenters. The molecule has 5 nitrogen and oxygen atoms in total. The summed E-state index contributed by atoms with van der Waals surface area (Å²) in [5.74, 6) is -2.39. The smallest absolute Gasteiger partial charge is 0.427 e. The molecule has 0 aliphatic carbocycles. The third-order valence-corrected chi connectivity index (χ3v) is 6.60. The van der Waals surface area contributed by atoms with Crippen LogP contribution in [0.3, 0.4) is 0 Å². The van der Waals surface area contributed by atoms with Gasteiger partial charge in [0.1, 0.15) is 23.1 Å². The van der Waals surface area contributed by atoms with E-state index >= 15 is 0 Å². The Hall–Kier alpha value is -2.59. The van der Waals surface area contributed by atoms with Crippen LogP contribution in [0.25, 0.3) is 0 Å². The zero-order valence-corrected chi connectivity index (χ0v) is 20.4. The molecular weight excluding hydrogens is 496 g/mol. The number of alkyl halides is 3. The monoisotopic (exact) mass is 520 g/mol. The molecule has 34 heavy (non-hydrogen) atoms. The average Bonchev–Trinajstić information content (AvgIpc) is 3.18. The van der Waals surface area contributed by atoms with Crippen molar-refractivity contribution >= 4 is 29.1 Å². The number of halogens is 5. The average molecular weight is 521 g/mol. The second-order valence-electron chi connectivity index (χ2n) is 7.57. The first-order valence-electron chi connectivity index (χ1n) is 10.3. The fourth-order valence-electron chi connectivity index (χ4n) is 3.43. The summed E-state index contributed by atoms with van der Waals surface area (Å²) in [6.07, 6.45) is -2.33. The third kappa shape index (κ3) is 6.73. The molecule has 0 aliphatic rings. The van der Waals surface area contributed by atoms with Crippen LogP contribution < -0.4 is 10.5 Å². The summed E-state index contributed by atoms with van der Waals surface area (Å²) in [4.78, 5) is 9.89. The SMILES string of the molecule is CCC(/C(F)=C\C(Cl)=C/N)c1nsc(C(F)(F)F)c1COc1ccc(CCC(=O)O)c(C)c1C. The van der Waals surface area contributed by atoms with Crippen LogP contribution in [0.2, 0.25) is 0 Å². The number of nitrogens with zero attached hydrogens (tertiary/aromatic N) is 1. The van der Waals surface area contributed by atoms with Crippen LogP contribution in [0, 0.1) is 13.8 Å². The van der Waals surface area contributed by atoms with Gasteiger partial charge in [-0.2, -0.15) is 17.5 Å². The molecule has 1 heterocycles. The largest absolute Gasteiger partial charge is 0.489 e. The highest BCUT2D eigenvalue weighted by Gasteiger charge is 2.39. The van der Waals surface area contributed by atoms with E-state index in [0.717, 1.165) is 23.4 Å². The lowest BCUT2D eigenvalue weighted by Gasteiger charge is -2.17. The number of nitrogens with two attached hydrogens (primary N) is 1. The number of carboxylic acid groups (broad SMARTS) is 1. The second-order valence-corrected chi connectivity index (χ2v) is 8.78. The maximum Gasteiger partial charge on any atom is 0.427 e. The number of ether oxygens (including phenoxy) is 1. The predicted octanol–water partition coefficient (Wildman–Crippen LogP) is 6.76. The van der Waals surface area contributed by atoms with Gasteiger partial charge in [-0.1, -0.05) is 24.6 Å². The Morgan fingerprint density at radius 3 is 2.56 bits per heavy atom. The van der Waals surface area contributed by atoms with Crippen molar-refractivity contribution < 1.29 is 32.2 Å². The number of benzene rings is 1. The van der Waals surface area contributed by atoms with Gasteiger partial charge in [0.05, 0.1) is 16.6 Å². The van der Waals surface area contributed by atoms with Crippen molar-refractivity contribution in [3.63, 3.8) is 0 Å². The van der Waals surface area contributed by atoms with E-state index in [1.54, 1.807) is 32.9 Å². The van der Waals surface area contributed by atoms with Crippen LogP contribution in [-0.2, 0) is 24.0 Å². The summed E-state index contributed by atoms with van der Waals surface area (Å²) in [6.45, 7) is 4.68. The molecule has 2 rings (SSSR count). The van der Waals surface area contributed by atoms with Gasteiger partial charge in [-0.15, -0.1) is 0 Å². The van der Waals surface area contributed by atoms with Gasteiger partial charge in [-0.3, -0.25) is 4.79 Å². The van der Waals surface area contributed by atoms with Crippen molar-refractivity contribution in [1.29, 1.82) is 0 Å². The quantitative estimate of drug-likeness (QED) is 0.267. The van der Waals surface area contributed by atoms with E-state index < -0.39 is 35.4 Å². The molecule has 0 fully saturated rings. The highest BCUT2D eigenvalue weighted by atomic mass is 35.5. The van der Waals surface area contributed by atoms with Crippen LogP contribution >= 0.6 is 23.1 Å². The van der Waals surface area contributed by atoms with Gasteiger partial charge < -0.3 is 15.6 Å². The number of allylic oxidation sites excluding steroid dienone is 3. The number of aromatic nitrogens is 1. The summed E-state index contributed by atoms with van der Waals surface area (Å²) < 4.78 is 65.5. The molecule has 1 aromatic carbocycles. The van der Waals surface area contributed by atoms with E-state index in [9.17, 15) is 22.4 Å². The van der Waals surface area contributed by atoms with E-state index in [0.29, 0.717) is 17.7 Å². The molecule has 0 saturated carbocycles. The summed E-state index contributed by atoms with van der Waals surface area (Å²) in [6, 6.07) is 3.28. The highest BCUT2D eigenvalue weighted by molar-refractivity contribution is 7.06. The number of aryl methyl sites for hydroxylation is 1. The van der Waals surface area contributed by atoms with Gasteiger partial charge >= 0.3 is 12.1 Å². The van der Waals surface area contributed by atoms with Crippen molar-refractivity contribution in [2.45, 2.75) is 58.7 Å². The zero-order valence-electron chi connectivity index (χ0n) is 18.8. The van der Waals surface area contributed by atoms with Gasteiger partial charge in [0.2, 0.25) is 0 Å². The van der Waals surface area contributed by atoms with Crippen molar-refractivity contribution in [3.05, 3.63) is 68.1 Å². The molecule has 2 aromatic rings. The van der Waals surface area contributed by atoms with E-state index in [1.165, 1.54) is 0 Å². The van der Waals surface area contributed by atoms with Gasteiger partial charge in [-0.05, 0) is 67.1 Å². The molecule has 11 heteroatoms. The topological polar surface area (TPSA) is 85.4 Å². The lowest BCUT2D eigenvalue weighted by molar-refractivity contribution is -0.137. The van der Waals surface area contributed by atoms with Gasteiger partial charge in [0, 0.05) is 18.2 Å². The lowest BCUT2D eigenvalue weighted by Crippen LogP contribution is -2.12. The first-order chi connectivity index (χ1) is 15.9. The van der Waals surface area contributed by atoms with Crippen molar-refractivity contribution in [1.82, 2.24) is 4.37 Å². The minimum atomic E-state index is -4.69. The molecule has 186 valence electrons. The molecule has 0 aliphatic heterocycles. The van der Waals surface area contributed by atoms with Crippen LogP contribution in [0.1, 0.15) is 58.5 Å². The number of hydrogen-bond donors (Lipinski definition) is 2. The fourth-order valence-corrected chi connectivity index (χ4v) is 4.34. The Balaban J connectivity index is 2.42. The summed E-state index contributed by atoms with van der Waals surface area (Å²) >= 11 is 6.00. The van der Waals surface area contributed by atoms with E-state index in [2.05, 4.69) is 4.37 Å². The molecule has 0 amide bonds. The van der Waals surface area contributed by atoms with Crippen molar-refractivity contribution in [3.8, 4) is 5.75 Å². The fraction of sp³-hybridized carbons (Fsp3) is 0.391. The third-order valence-electron chi connectivity index (χ3n) is 5.41. The van der Waals surface area contributed by atoms with Crippen LogP contribution in [0.4, 0.5) is 17.6 Å². The van der Waals surface area contributed by atoms with Crippen LogP contribution in [0.5, 0.6) is 5.75 Å². The number of carbonyl (C=O) groups is 1. The molecular formula is C23H25ClF4N2O3S. The Morgan fingerprint density at radius 1 is 1.32 bits per heavy atom.